The summed E-state index contributed by atoms with van der Waals surface area (Å²) in [5.41, 5.74) is 2.23. The molecule has 1 aromatic heterocycles. The van der Waals surface area contributed by atoms with Crippen molar-refractivity contribution in [2.75, 3.05) is 0 Å². The van der Waals surface area contributed by atoms with E-state index < -0.39 is 11.4 Å². The number of H-pyrrole nitrogens is 1. The third-order valence-electron chi connectivity index (χ3n) is 4.19. The predicted octanol–water partition coefficient (Wildman–Crippen LogP) is 2.53. The summed E-state index contributed by atoms with van der Waals surface area (Å²) < 4.78 is 1.53. The first kappa shape index (κ1) is 16.9. The number of rotatable bonds is 5. The van der Waals surface area contributed by atoms with Gasteiger partial charge in [-0.3, -0.25) is 9.55 Å². The first-order chi connectivity index (χ1) is 12.2. The van der Waals surface area contributed by atoms with Crippen LogP contribution in [0, 0.1) is 0 Å². The highest BCUT2D eigenvalue weighted by atomic mass is 16.2. The maximum Gasteiger partial charge on any atom is 0.350 e. The van der Waals surface area contributed by atoms with E-state index in [1.165, 1.54) is 10.1 Å². The van der Waals surface area contributed by atoms with Gasteiger partial charge in [0.05, 0.1) is 6.54 Å². The second kappa shape index (κ2) is 7.75. The Kier molecular flexibility index (Phi) is 5.23. The largest absolute Gasteiger partial charge is 0.350 e. The molecular weight excluding hydrogens is 314 g/mol. The topological polar surface area (TPSA) is 67.8 Å². The zero-order chi connectivity index (χ0) is 17.6. The highest BCUT2D eigenvalue weighted by molar-refractivity contribution is 5.30. The molecule has 0 aliphatic heterocycles. The average Bonchev–Trinajstić information content (AvgIpc) is 2.87. The number of hydrogen-bond acceptors (Lipinski definition) is 3. The van der Waals surface area contributed by atoms with Crippen molar-refractivity contribution in [1.29, 1.82) is 0 Å². The maximum atomic E-state index is 12.3. The smallest absolute Gasteiger partial charge is 0.277 e. The number of nitrogens with zero attached hydrogens (tertiary/aromatic N) is 2. The first-order valence-electron chi connectivity index (χ1n) is 8.46. The van der Waals surface area contributed by atoms with Crippen molar-refractivity contribution in [3.63, 3.8) is 0 Å². The van der Waals surface area contributed by atoms with E-state index in [1.807, 2.05) is 30.4 Å². The Hall–Kier alpha value is -2.95. The highest BCUT2D eigenvalue weighted by Crippen LogP contribution is 2.11. The van der Waals surface area contributed by atoms with Crippen molar-refractivity contribution >= 4 is 0 Å². The molecule has 128 valence electrons. The van der Waals surface area contributed by atoms with Crippen molar-refractivity contribution in [3.8, 4) is 0 Å². The molecule has 5 nitrogen and oxygen atoms in total. The fourth-order valence-corrected chi connectivity index (χ4v) is 2.77. The van der Waals surface area contributed by atoms with Gasteiger partial charge in [0.2, 0.25) is 0 Å². The van der Waals surface area contributed by atoms with E-state index in [-0.39, 0.29) is 0 Å². The molecule has 0 spiro atoms. The molecule has 25 heavy (non-hydrogen) atoms. The second-order valence-electron chi connectivity index (χ2n) is 6.00. The summed E-state index contributed by atoms with van der Waals surface area (Å²) in [5, 5.41) is 0. The zero-order valence-electron chi connectivity index (χ0n) is 14.2. The molecule has 0 atom stereocenters. The zero-order valence-corrected chi connectivity index (χ0v) is 14.2. The van der Waals surface area contributed by atoms with Gasteiger partial charge in [0.25, 0.3) is 0 Å². The molecule has 5 heteroatoms. The van der Waals surface area contributed by atoms with Gasteiger partial charge in [-0.1, -0.05) is 61.6 Å². The fourth-order valence-electron chi connectivity index (χ4n) is 2.77. The molecule has 0 unspecified atom stereocenters. The third-order valence-corrected chi connectivity index (χ3v) is 4.19. The molecule has 1 aliphatic rings. The summed E-state index contributed by atoms with van der Waals surface area (Å²) in [6.45, 7) is 2.49. The minimum Gasteiger partial charge on any atom is -0.277 e. The number of aryl methyl sites for hydroxylation is 1. The van der Waals surface area contributed by atoms with Gasteiger partial charge in [-0.05, 0) is 29.5 Å². The van der Waals surface area contributed by atoms with Crippen LogP contribution in [0.5, 0.6) is 0 Å². The van der Waals surface area contributed by atoms with Crippen LogP contribution in [-0.4, -0.2) is 14.5 Å². The molecular formula is C20H21N3O2. The van der Waals surface area contributed by atoms with Crippen LogP contribution in [-0.2, 0) is 19.4 Å². The summed E-state index contributed by atoms with van der Waals surface area (Å²) >= 11 is 0. The molecule has 0 saturated carbocycles. The molecule has 1 N–H and O–H groups in total. The Balaban J connectivity index is 1.94. The molecule has 0 radical (unpaired) electrons. The minimum absolute atomic E-state index is 0.384. The van der Waals surface area contributed by atoms with Gasteiger partial charge < -0.3 is 0 Å². The van der Waals surface area contributed by atoms with E-state index in [4.69, 9.17) is 0 Å². The van der Waals surface area contributed by atoms with Gasteiger partial charge in [0.15, 0.2) is 0 Å². The van der Waals surface area contributed by atoms with E-state index in [0.29, 0.717) is 18.8 Å². The van der Waals surface area contributed by atoms with Crippen molar-refractivity contribution in [1.82, 2.24) is 14.5 Å². The normalized spacial score (nSPS) is 13.6. The average molecular weight is 335 g/mol. The number of allylic oxidation sites excluding steroid dienone is 6. The standard InChI is InChI=1S/C20H21N3O2/c1-2-15-9-11-17(12-10-15)14-23-18(21-19(24)22-20(23)25)13-16-7-5-3-4-6-8-16/h3,5-12H,2,4,13-14H2,1H3,(H,22,24,25). The van der Waals surface area contributed by atoms with E-state index in [2.05, 4.69) is 41.2 Å². The Labute approximate surface area is 146 Å². The molecule has 1 heterocycles. The van der Waals surface area contributed by atoms with Crippen LogP contribution in [0.2, 0.25) is 0 Å². The van der Waals surface area contributed by atoms with Gasteiger partial charge in [-0.25, -0.2) is 9.59 Å². The Morgan fingerprint density at radius 3 is 2.64 bits per heavy atom. The van der Waals surface area contributed by atoms with Crippen LogP contribution in [0.25, 0.3) is 0 Å². The van der Waals surface area contributed by atoms with Crippen LogP contribution in [0.1, 0.15) is 30.3 Å². The van der Waals surface area contributed by atoms with Gasteiger partial charge in [-0.15, -0.1) is 0 Å². The molecule has 3 rings (SSSR count). The van der Waals surface area contributed by atoms with Crippen molar-refractivity contribution in [2.45, 2.75) is 32.7 Å². The SMILES string of the molecule is CCc1ccc(Cn2c(CC3=CC=CCC=C3)nc(=O)[nH]c2=O)cc1. The van der Waals surface area contributed by atoms with E-state index in [1.54, 1.807) is 0 Å². The molecule has 2 aromatic rings. The quantitative estimate of drug-likeness (QED) is 0.913. The Bertz CT molecular complexity index is 944. The number of aromatic nitrogens is 3. The molecule has 0 amide bonds. The van der Waals surface area contributed by atoms with Crippen LogP contribution in [0.4, 0.5) is 0 Å². The van der Waals surface area contributed by atoms with Crippen LogP contribution >= 0.6 is 0 Å². The first-order valence-corrected chi connectivity index (χ1v) is 8.46. The number of aromatic amines is 1. The lowest BCUT2D eigenvalue weighted by molar-refractivity contribution is 0.639. The predicted molar refractivity (Wildman–Crippen MR) is 98.7 cm³/mol. The van der Waals surface area contributed by atoms with Gasteiger partial charge in [0, 0.05) is 6.42 Å². The second-order valence-corrected chi connectivity index (χ2v) is 6.00. The summed E-state index contributed by atoms with van der Waals surface area (Å²) in [7, 11) is 0. The van der Waals surface area contributed by atoms with Gasteiger partial charge >= 0.3 is 11.4 Å². The van der Waals surface area contributed by atoms with E-state index in [0.717, 1.165) is 24.0 Å². The number of benzene rings is 1. The fraction of sp³-hybridized carbons (Fsp3) is 0.250. The van der Waals surface area contributed by atoms with Crippen molar-refractivity contribution in [3.05, 3.63) is 98.1 Å². The highest BCUT2D eigenvalue weighted by Gasteiger charge is 2.10. The van der Waals surface area contributed by atoms with Crippen LogP contribution in [0.15, 0.2) is 69.8 Å². The minimum atomic E-state index is -0.605. The number of hydrogen-bond donors (Lipinski definition) is 1. The summed E-state index contributed by atoms with van der Waals surface area (Å²) in [6, 6.07) is 8.13. The van der Waals surface area contributed by atoms with Gasteiger partial charge in [0.1, 0.15) is 5.82 Å². The summed E-state index contributed by atoms with van der Waals surface area (Å²) in [4.78, 5) is 30.3. The van der Waals surface area contributed by atoms with E-state index in [9.17, 15) is 9.59 Å². The molecule has 1 aliphatic carbocycles. The lowest BCUT2D eigenvalue weighted by Crippen LogP contribution is -2.35. The molecule has 0 bridgehead atoms. The van der Waals surface area contributed by atoms with Crippen molar-refractivity contribution in [2.24, 2.45) is 0 Å². The lowest BCUT2D eigenvalue weighted by atomic mass is 10.1. The maximum absolute atomic E-state index is 12.3. The summed E-state index contributed by atoms with van der Waals surface area (Å²) in [6.07, 6.45) is 12.4. The lowest BCUT2D eigenvalue weighted by Gasteiger charge is -2.12. The van der Waals surface area contributed by atoms with Crippen LogP contribution < -0.4 is 11.4 Å². The number of nitrogens with one attached hydrogen (secondary N) is 1. The molecule has 0 fully saturated rings. The molecule has 1 aromatic carbocycles. The Morgan fingerprint density at radius 2 is 1.88 bits per heavy atom. The summed E-state index contributed by atoms with van der Waals surface area (Å²) in [5.74, 6) is 0.472. The van der Waals surface area contributed by atoms with Crippen LogP contribution in [0.3, 0.4) is 0 Å². The van der Waals surface area contributed by atoms with Crippen molar-refractivity contribution < 1.29 is 0 Å². The monoisotopic (exact) mass is 335 g/mol. The van der Waals surface area contributed by atoms with Gasteiger partial charge in [-0.2, -0.15) is 4.98 Å². The Morgan fingerprint density at radius 1 is 1.12 bits per heavy atom. The van der Waals surface area contributed by atoms with E-state index >= 15 is 0 Å². The molecule has 0 saturated heterocycles. The third kappa shape index (κ3) is 4.32.